The SMILES string of the molecule is Cc1ccc(N(c2ccc(C)cc2)c2ccc(CCc3ccc(NC(=O)c4cc5ccccc5c(C)c4O)cc3)cc2)cc1. The van der Waals surface area contributed by atoms with Crippen LogP contribution in [-0.2, 0) is 12.8 Å². The zero-order chi connectivity index (χ0) is 30.6. The van der Waals surface area contributed by atoms with E-state index in [1.54, 1.807) is 6.07 Å². The molecule has 0 saturated heterocycles. The van der Waals surface area contributed by atoms with Gasteiger partial charge in [-0.05, 0) is 116 Å². The molecule has 0 aromatic heterocycles. The van der Waals surface area contributed by atoms with Gasteiger partial charge in [0, 0.05) is 22.7 Å². The van der Waals surface area contributed by atoms with Gasteiger partial charge in [-0.25, -0.2) is 0 Å². The number of phenols is 1. The van der Waals surface area contributed by atoms with Crippen LogP contribution in [0.3, 0.4) is 0 Å². The quantitative estimate of drug-likeness (QED) is 0.190. The second kappa shape index (κ2) is 12.5. The minimum Gasteiger partial charge on any atom is -0.507 e. The Morgan fingerprint density at radius 1 is 0.636 bits per heavy atom. The van der Waals surface area contributed by atoms with E-state index in [0.29, 0.717) is 11.3 Å². The minimum absolute atomic E-state index is 0.0182. The summed E-state index contributed by atoms with van der Waals surface area (Å²) in [5.41, 5.74) is 9.99. The summed E-state index contributed by atoms with van der Waals surface area (Å²) >= 11 is 0. The molecule has 0 atom stereocenters. The zero-order valence-corrected chi connectivity index (χ0v) is 25.3. The molecule has 4 heteroatoms. The second-order valence-corrected chi connectivity index (χ2v) is 11.4. The summed E-state index contributed by atoms with van der Waals surface area (Å²) < 4.78 is 0. The first-order valence-electron chi connectivity index (χ1n) is 15.0. The Kier molecular flexibility index (Phi) is 8.16. The summed E-state index contributed by atoms with van der Waals surface area (Å²) in [6, 6.07) is 43.5. The molecule has 2 N–H and O–H groups in total. The molecule has 6 aromatic rings. The third-order valence-corrected chi connectivity index (χ3v) is 8.21. The van der Waals surface area contributed by atoms with Crippen molar-refractivity contribution in [3.63, 3.8) is 0 Å². The summed E-state index contributed by atoms with van der Waals surface area (Å²) in [6.45, 7) is 6.05. The molecule has 6 rings (SSSR count). The van der Waals surface area contributed by atoms with Crippen LogP contribution in [-0.4, -0.2) is 11.0 Å². The lowest BCUT2D eigenvalue weighted by atomic mass is 9.99. The average Bonchev–Trinajstić information content (AvgIpc) is 3.05. The smallest absolute Gasteiger partial charge is 0.259 e. The number of anilines is 4. The number of carbonyl (C=O) groups is 1. The monoisotopic (exact) mass is 576 g/mol. The van der Waals surface area contributed by atoms with Crippen LogP contribution in [0.4, 0.5) is 22.7 Å². The van der Waals surface area contributed by atoms with Crippen molar-refractivity contribution in [2.75, 3.05) is 10.2 Å². The summed E-state index contributed by atoms with van der Waals surface area (Å²) in [5.74, 6) is -0.306. The van der Waals surface area contributed by atoms with Crippen LogP contribution in [0, 0.1) is 20.8 Å². The predicted molar refractivity (Wildman–Crippen MR) is 183 cm³/mol. The maximum atomic E-state index is 13.0. The fourth-order valence-corrected chi connectivity index (χ4v) is 5.58. The van der Waals surface area contributed by atoms with Crippen molar-refractivity contribution in [2.24, 2.45) is 0 Å². The van der Waals surface area contributed by atoms with Gasteiger partial charge in [0.25, 0.3) is 5.91 Å². The Morgan fingerprint density at radius 3 is 1.66 bits per heavy atom. The highest BCUT2D eigenvalue weighted by Gasteiger charge is 2.16. The molecule has 0 saturated carbocycles. The first kappa shape index (κ1) is 28.8. The minimum atomic E-state index is -0.325. The molecule has 0 fully saturated rings. The topological polar surface area (TPSA) is 52.6 Å². The third kappa shape index (κ3) is 6.20. The average molecular weight is 577 g/mol. The summed E-state index contributed by atoms with van der Waals surface area (Å²) in [5, 5.41) is 15.5. The number of carbonyl (C=O) groups excluding carboxylic acids is 1. The summed E-state index contributed by atoms with van der Waals surface area (Å²) in [7, 11) is 0. The first-order valence-corrected chi connectivity index (χ1v) is 15.0. The van der Waals surface area contributed by atoms with Crippen LogP contribution in [0.15, 0.2) is 127 Å². The first-order chi connectivity index (χ1) is 21.4. The fourth-order valence-electron chi connectivity index (χ4n) is 5.58. The Morgan fingerprint density at radius 2 is 1.11 bits per heavy atom. The van der Waals surface area contributed by atoms with Crippen LogP contribution < -0.4 is 10.2 Å². The molecule has 44 heavy (non-hydrogen) atoms. The number of nitrogens with zero attached hydrogens (tertiary/aromatic N) is 1. The summed E-state index contributed by atoms with van der Waals surface area (Å²) in [6.07, 6.45) is 1.79. The van der Waals surface area contributed by atoms with Crippen LogP contribution in [0.2, 0.25) is 0 Å². The van der Waals surface area contributed by atoms with Crippen molar-refractivity contribution in [1.82, 2.24) is 0 Å². The lowest BCUT2D eigenvalue weighted by molar-refractivity contribution is 0.102. The molecule has 0 bridgehead atoms. The number of aryl methyl sites for hydroxylation is 5. The number of rotatable bonds is 8. The molecule has 6 aromatic carbocycles. The molecule has 218 valence electrons. The Labute approximate surface area is 259 Å². The van der Waals surface area contributed by atoms with E-state index in [-0.39, 0.29) is 17.2 Å². The van der Waals surface area contributed by atoms with Crippen molar-refractivity contribution >= 4 is 39.4 Å². The number of hydrogen-bond donors (Lipinski definition) is 2. The molecule has 0 heterocycles. The highest BCUT2D eigenvalue weighted by molar-refractivity contribution is 6.09. The number of hydrogen-bond acceptors (Lipinski definition) is 3. The maximum absolute atomic E-state index is 13.0. The molecule has 0 aliphatic carbocycles. The standard InChI is InChI=1S/C40H36N2O2/c1-27-8-20-34(21-9-27)42(35-22-10-28(2)11-23-35)36-24-16-31(17-25-36)13-12-30-14-18-33(19-15-30)41-40(44)38-26-32-6-4-5-7-37(32)29(3)39(38)43/h4-11,14-26,43H,12-13H2,1-3H3,(H,41,44). The largest absolute Gasteiger partial charge is 0.507 e. The van der Waals surface area contributed by atoms with Crippen LogP contribution in [0.1, 0.15) is 38.2 Å². The predicted octanol–water partition coefficient (Wildman–Crippen LogP) is 9.98. The molecular weight excluding hydrogens is 540 g/mol. The number of aromatic hydroxyl groups is 1. The van der Waals surface area contributed by atoms with Crippen molar-refractivity contribution in [1.29, 1.82) is 0 Å². The fraction of sp³-hybridized carbons (Fsp3) is 0.125. The Hall–Kier alpha value is -5.35. The van der Waals surface area contributed by atoms with Gasteiger partial charge in [-0.3, -0.25) is 4.79 Å². The van der Waals surface area contributed by atoms with Gasteiger partial charge in [0.05, 0.1) is 5.56 Å². The van der Waals surface area contributed by atoms with Gasteiger partial charge in [-0.1, -0.05) is 83.9 Å². The molecule has 1 amide bonds. The van der Waals surface area contributed by atoms with Gasteiger partial charge in [-0.15, -0.1) is 0 Å². The number of amides is 1. The van der Waals surface area contributed by atoms with E-state index in [9.17, 15) is 9.90 Å². The third-order valence-electron chi connectivity index (χ3n) is 8.21. The molecule has 0 radical (unpaired) electrons. The lowest BCUT2D eigenvalue weighted by Gasteiger charge is -2.26. The number of phenolic OH excluding ortho intramolecular Hbond substituents is 1. The molecule has 0 unspecified atom stereocenters. The van der Waals surface area contributed by atoms with Crippen molar-refractivity contribution < 1.29 is 9.90 Å². The van der Waals surface area contributed by atoms with Gasteiger partial charge >= 0.3 is 0 Å². The van der Waals surface area contributed by atoms with Crippen molar-refractivity contribution in [3.05, 3.63) is 161 Å². The molecular formula is C40H36N2O2. The van der Waals surface area contributed by atoms with E-state index in [1.165, 1.54) is 22.3 Å². The number of nitrogens with one attached hydrogen (secondary N) is 1. The van der Waals surface area contributed by atoms with E-state index in [1.807, 2.05) is 55.5 Å². The van der Waals surface area contributed by atoms with E-state index < -0.39 is 0 Å². The second-order valence-electron chi connectivity index (χ2n) is 11.4. The van der Waals surface area contributed by atoms with Crippen LogP contribution in [0.5, 0.6) is 5.75 Å². The van der Waals surface area contributed by atoms with Crippen molar-refractivity contribution in [2.45, 2.75) is 33.6 Å². The van der Waals surface area contributed by atoms with E-state index >= 15 is 0 Å². The zero-order valence-electron chi connectivity index (χ0n) is 25.3. The van der Waals surface area contributed by atoms with Gasteiger partial charge in [-0.2, -0.15) is 0 Å². The maximum Gasteiger partial charge on any atom is 0.259 e. The van der Waals surface area contributed by atoms with Gasteiger partial charge in [0.2, 0.25) is 0 Å². The molecule has 4 nitrogen and oxygen atoms in total. The Balaban J connectivity index is 1.12. The molecule has 0 spiro atoms. The highest BCUT2D eigenvalue weighted by Crippen LogP contribution is 2.35. The van der Waals surface area contributed by atoms with Gasteiger partial charge in [0.1, 0.15) is 5.75 Å². The summed E-state index contributed by atoms with van der Waals surface area (Å²) in [4.78, 5) is 15.3. The van der Waals surface area contributed by atoms with Crippen LogP contribution >= 0.6 is 0 Å². The van der Waals surface area contributed by atoms with Gasteiger partial charge < -0.3 is 15.3 Å². The van der Waals surface area contributed by atoms with E-state index in [2.05, 4.69) is 96.9 Å². The molecule has 0 aliphatic rings. The normalized spacial score (nSPS) is 11.0. The Bertz CT molecular complexity index is 1860. The van der Waals surface area contributed by atoms with Gasteiger partial charge in [0.15, 0.2) is 0 Å². The van der Waals surface area contributed by atoms with E-state index in [0.717, 1.165) is 40.7 Å². The lowest BCUT2D eigenvalue weighted by Crippen LogP contribution is -2.12. The highest BCUT2D eigenvalue weighted by atomic mass is 16.3. The number of benzene rings is 6. The number of fused-ring (bicyclic) bond motifs is 1. The van der Waals surface area contributed by atoms with Crippen LogP contribution in [0.25, 0.3) is 10.8 Å². The van der Waals surface area contributed by atoms with Crippen molar-refractivity contribution in [3.8, 4) is 5.75 Å². The molecule has 0 aliphatic heterocycles. The van der Waals surface area contributed by atoms with E-state index in [4.69, 9.17) is 0 Å².